The second kappa shape index (κ2) is 10.6. The van der Waals surface area contributed by atoms with Crippen LogP contribution in [0.5, 0.6) is 11.6 Å². The number of nitrogens with zero attached hydrogens (tertiary/aromatic N) is 2. The first-order valence-corrected chi connectivity index (χ1v) is 10.1. The predicted octanol–water partition coefficient (Wildman–Crippen LogP) is 3.53. The number of halogens is 3. The number of methoxy groups -OCH3 is 1. The molecule has 2 aliphatic heterocycles. The molecule has 0 bridgehead atoms. The average Bonchev–Trinajstić information content (AvgIpc) is 3.27. The first-order chi connectivity index (χ1) is 15.3. The van der Waals surface area contributed by atoms with Crippen LogP contribution >= 0.6 is 0 Å². The fraction of sp³-hybridized carbons (Fsp3) is 0.455. The summed E-state index contributed by atoms with van der Waals surface area (Å²) >= 11 is 0. The highest BCUT2D eigenvalue weighted by atomic mass is 19.4. The Morgan fingerprint density at radius 1 is 1.25 bits per heavy atom. The molecule has 4 rings (SSSR count). The van der Waals surface area contributed by atoms with E-state index in [0.29, 0.717) is 11.9 Å². The number of pyridine rings is 1. The van der Waals surface area contributed by atoms with Gasteiger partial charge in [0.1, 0.15) is 18.0 Å². The SMILES string of the molecule is COc1cccc(CN2CC[C@@H](Oc3ccccn3)[C@H]3OCC[C@@H]32)c1.O=C(O)C(F)(F)F. The van der Waals surface area contributed by atoms with Crippen LogP contribution in [0.15, 0.2) is 48.7 Å². The number of ether oxygens (including phenoxy) is 3. The smallest absolute Gasteiger partial charge is 0.490 e. The quantitative estimate of drug-likeness (QED) is 0.740. The van der Waals surface area contributed by atoms with E-state index in [4.69, 9.17) is 24.1 Å². The maximum atomic E-state index is 10.6. The normalized spacial score (nSPS) is 22.9. The molecule has 2 aromatic rings. The van der Waals surface area contributed by atoms with Gasteiger partial charge < -0.3 is 19.3 Å². The highest BCUT2D eigenvalue weighted by Gasteiger charge is 2.43. The van der Waals surface area contributed by atoms with Gasteiger partial charge >= 0.3 is 12.1 Å². The van der Waals surface area contributed by atoms with Gasteiger partial charge in [-0.2, -0.15) is 13.2 Å². The van der Waals surface area contributed by atoms with Crippen LogP contribution < -0.4 is 9.47 Å². The molecule has 0 spiro atoms. The van der Waals surface area contributed by atoms with E-state index < -0.39 is 12.1 Å². The third kappa shape index (κ3) is 6.33. The van der Waals surface area contributed by atoms with Crippen LogP contribution in [-0.4, -0.2) is 65.6 Å². The van der Waals surface area contributed by atoms with E-state index in [1.165, 1.54) is 5.56 Å². The number of carboxylic acid groups (broad SMARTS) is 1. The second-order valence-electron chi connectivity index (χ2n) is 7.43. The molecule has 3 heterocycles. The Morgan fingerprint density at radius 3 is 2.69 bits per heavy atom. The van der Waals surface area contributed by atoms with E-state index >= 15 is 0 Å². The fourth-order valence-corrected chi connectivity index (χ4v) is 3.87. The summed E-state index contributed by atoms with van der Waals surface area (Å²) < 4.78 is 49.2. The first-order valence-electron chi connectivity index (χ1n) is 10.1. The average molecular weight is 454 g/mol. The number of rotatable bonds is 5. The standard InChI is InChI=1S/C20H24N2O3.C2HF3O2/c1-23-16-6-4-5-15(13-16)14-22-11-8-18(20-17(22)9-12-24-20)25-19-7-2-3-10-21-19;3-2(4,5)1(6)7/h2-7,10,13,17-18,20H,8-9,11-12,14H2,1H3;(H,6,7)/t17-,18+,20-;/m0./s1. The summed E-state index contributed by atoms with van der Waals surface area (Å²) in [6.07, 6.45) is -1.14. The molecular weight excluding hydrogens is 429 g/mol. The minimum absolute atomic E-state index is 0.0731. The highest BCUT2D eigenvalue weighted by Crippen LogP contribution is 2.32. The van der Waals surface area contributed by atoms with Gasteiger partial charge in [-0.1, -0.05) is 18.2 Å². The summed E-state index contributed by atoms with van der Waals surface area (Å²) in [5.74, 6) is -1.17. The lowest BCUT2D eigenvalue weighted by Gasteiger charge is -2.41. The summed E-state index contributed by atoms with van der Waals surface area (Å²) in [5, 5.41) is 7.12. The minimum atomic E-state index is -5.08. The number of alkyl halides is 3. The van der Waals surface area contributed by atoms with Gasteiger partial charge in [-0.05, 0) is 36.6 Å². The zero-order valence-corrected chi connectivity index (χ0v) is 17.5. The van der Waals surface area contributed by atoms with E-state index in [9.17, 15) is 13.2 Å². The van der Waals surface area contributed by atoms with Gasteiger partial charge in [-0.25, -0.2) is 9.78 Å². The van der Waals surface area contributed by atoms with Crippen molar-refractivity contribution >= 4 is 5.97 Å². The number of hydrogen-bond donors (Lipinski definition) is 1. The van der Waals surface area contributed by atoms with Gasteiger partial charge in [0.2, 0.25) is 5.88 Å². The molecule has 2 aliphatic rings. The lowest BCUT2D eigenvalue weighted by molar-refractivity contribution is -0.192. The van der Waals surface area contributed by atoms with Gasteiger partial charge in [0.15, 0.2) is 0 Å². The monoisotopic (exact) mass is 454 g/mol. The highest BCUT2D eigenvalue weighted by molar-refractivity contribution is 5.73. The van der Waals surface area contributed by atoms with Crippen molar-refractivity contribution in [2.45, 2.75) is 43.8 Å². The van der Waals surface area contributed by atoms with E-state index in [1.807, 2.05) is 30.3 Å². The third-order valence-electron chi connectivity index (χ3n) is 5.31. The topological polar surface area (TPSA) is 81.1 Å². The Morgan fingerprint density at radius 2 is 2.03 bits per heavy atom. The third-order valence-corrected chi connectivity index (χ3v) is 5.31. The lowest BCUT2D eigenvalue weighted by atomic mass is 9.95. The van der Waals surface area contributed by atoms with Crippen LogP contribution in [0.3, 0.4) is 0 Å². The molecule has 32 heavy (non-hydrogen) atoms. The number of carboxylic acids is 1. The molecule has 0 radical (unpaired) electrons. The number of benzene rings is 1. The molecule has 0 amide bonds. The molecule has 0 aliphatic carbocycles. The molecule has 1 aromatic heterocycles. The van der Waals surface area contributed by atoms with Gasteiger partial charge in [-0.3, -0.25) is 4.90 Å². The van der Waals surface area contributed by atoms with E-state index in [0.717, 1.165) is 38.3 Å². The van der Waals surface area contributed by atoms with Crippen molar-refractivity contribution in [3.05, 3.63) is 54.2 Å². The van der Waals surface area contributed by atoms with Crippen LogP contribution in [0.25, 0.3) is 0 Å². The molecule has 10 heteroatoms. The lowest BCUT2D eigenvalue weighted by Crippen LogP contribution is -2.53. The minimum Gasteiger partial charge on any atom is -0.497 e. The molecule has 174 valence electrons. The molecule has 1 N–H and O–H groups in total. The van der Waals surface area contributed by atoms with E-state index in [-0.39, 0.29) is 12.2 Å². The number of likely N-dealkylation sites (tertiary alicyclic amines) is 1. The van der Waals surface area contributed by atoms with Crippen molar-refractivity contribution in [2.75, 3.05) is 20.3 Å². The maximum absolute atomic E-state index is 10.6. The molecular formula is C22H25F3N2O5. The van der Waals surface area contributed by atoms with Crippen molar-refractivity contribution in [1.29, 1.82) is 0 Å². The number of fused-ring (bicyclic) bond motifs is 1. The van der Waals surface area contributed by atoms with Crippen LogP contribution in [0.2, 0.25) is 0 Å². The Hall–Kier alpha value is -2.85. The molecule has 2 fully saturated rings. The largest absolute Gasteiger partial charge is 0.497 e. The summed E-state index contributed by atoms with van der Waals surface area (Å²) in [6, 6.07) is 14.5. The summed E-state index contributed by atoms with van der Waals surface area (Å²) in [6.45, 7) is 2.71. The van der Waals surface area contributed by atoms with Crippen molar-refractivity contribution in [2.24, 2.45) is 0 Å². The number of piperidine rings is 1. The molecule has 0 unspecified atom stereocenters. The van der Waals surface area contributed by atoms with Crippen molar-refractivity contribution in [3.8, 4) is 11.6 Å². The van der Waals surface area contributed by atoms with Gasteiger partial charge in [0.05, 0.1) is 7.11 Å². The van der Waals surface area contributed by atoms with Crippen molar-refractivity contribution in [3.63, 3.8) is 0 Å². The molecule has 2 saturated heterocycles. The maximum Gasteiger partial charge on any atom is 0.490 e. The van der Waals surface area contributed by atoms with E-state index in [1.54, 1.807) is 13.3 Å². The first kappa shape index (κ1) is 23.8. The van der Waals surface area contributed by atoms with Crippen LogP contribution in [0, 0.1) is 0 Å². The fourth-order valence-electron chi connectivity index (χ4n) is 3.87. The number of carbonyl (C=O) groups is 1. The van der Waals surface area contributed by atoms with E-state index in [2.05, 4.69) is 22.0 Å². The van der Waals surface area contributed by atoms with Gasteiger partial charge in [0.25, 0.3) is 0 Å². The zero-order valence-electron chi connectivity index (χ0n) is 17.5. The van der Waals surface area contributed by atoms with Crippen molar-refractivity contribution < 1.29 is 37.3 Å². The van der Waals surface area contributed by atoms with Crippen molar-refractivity contribution in [1.82, 2.24) is 9.88 Å². The molecule has 7 nitrogen and oxygen atoms in total. The molecule has 1 aromatic carbocycles. The Balaban J connectivity index is 0.000000360. The number of aliphatic carboxylic acids is 1. The van der Waals surface area contributed by atoms with Gasteiger partial charge in [0, 0.05) is 38.0 Å². The second-order valence-corrected chi connectivity index (χ2v) is 7.43. The summed E-state index contributed by atoms with van der Waals surface area (Å²) in [7, 11) is 1.71. The Kier molecular flexibility index (Phi) is 7.92. The van der Waals surface area contributed by atoms with Crippen LogP contribution in [0.1, 0.15) is 18.4 Å². The van der Waals surface area contributed by atoms with Gasteiger partial charge in [-0.15, -0.1) is 0 Å². The van der Waals surface area contributed by atoms with Crippen LogP contribution in [0.4, 0.5) is 13.2 Å². The number of hydrogen-bond acceptors (Lipinski definition) is 6. The van der Waals surface area contributed by atoms with Crippen LogP contribution in [-0.2, 0) is 16.1 Å². The summed E-state index contributed by atoms with van der Waals surface area (Å²) in [4.78, 5) is 15.7. The Labute approximate surface area is 183 Å². The Bertz CT molecular complexity index is 881. The predicted molar refractivity (Wildman–Crippen MR) is 109 cm³/mol. The molecule has 3 atom stereocenters. The number of aromatic nitrogens is 1. The summed E-state index contributed by atoms with van der Waals surface area (Å²) in [5.41, 5.74) is 1.27. The zero-order chi connectivity index (χ0) is 23.1. The molecule has 0 saturated carbocycles.